The number of nitrogens with one attached hydrogen (secondary N) is 1. The van der Waals surface area contributed by atoms with Gasteiger partial charge in [-0.2, -0.15) is 0 Å². The third kappa shape index (κ3) is 3.50. The molecule has 1 N–H and O–H groups in total. The van der Waals surface area contributed by atoms with Crippen molar-refractivity contribution in [3.63, 3.8) is 0 Å². The first-order valence-electron chi connectivity index (χ1n) is 8.31. The maximum atomic E-state index is 12.4. The maximum Gasteiger partial charge on any atom is 0.226 e. The van der Waals surface area contributed by atoms with Crippen LogP contribution >= 0.6 is 0 Å². The van der Waals surface area contributed by atoms with Crippen molar-refractivity contribution < 1.29 is 9.53 Å². The van der Waals surface area contributed by atoms with E-state index >= 15 is 0 Å². The second kappa shape index (κ2) is 6.80. The number of carbonyl (C=O) groups is 1. The SMILES string of the molecule is CC1CN(Cc2ccccc2)CC1NC(=O)C1CCOC1C. The third-order valence-electron chi connectivity index (χ3n) is 4.98. The highest BCUT2D eigenvalue weighted by molar-refractivity contribution is 5.79. The highest BCUT2D eigenvalue weighted by atomic mass is 16.5. The molecule has 2 heterocycles. The quantitative estimate of drug-likeness (QED) is 0.925. The van der Waals surface area contributed by atoms with Gasteiger partial charge in [0.1, 0.15) is 0 Å². The lowest BCUT2D eigenvalue weighted by atomic mass is 10.00. The predicted octanol–water partition coefficient (Wildman–Crippen LogP) is 2.05. The van der Waals surface area contributed by atoms with Crippen molar-refractivity contribution in [1.29, 1.82) is 0 Å². The number of rotatable bonds is 4. The molecule has 4 nitrogen and oxygen atoms in total. The Morgan fingerprint density at radius 1 is 1.27 bits per heavy atom. The topological polar surface area (TPSA) is 41.6 Å². The monoisotopic (exact) mass is 302 g/mol. The van der Waals surface area contributed by atoms with E-state index in [1.165, 1.54) is 5.56 Å². The van der Waals surface area contributed by atoms with Gasteiger partial charge in [-0.1, -0.05) is 37.3 Å². The van der Waals surface area contributed by atoms with E-state index in [0.29, 0.717) is 12.5 Å². The summed E-state index contributed by atoms with van der Waals surface area (Å²) in [6.45, 7) is 7.86. The Balaban J connectivity index is 1.53. The molecule has 1 aromatic rings. The van der Waals surface area contributed by atoms with Gasteiger partial charge >= 0.3 is 0 Å². The van der Waals surface area contributed by atoms with Gasteiger partial charge in [-0.25, -0.2) is 0 Å². The highest BCUT2D eigenvalue weighted by Crippen LogP contribution is 2.23. The van der Waals surface area contributed by atoms with E-state index in [0.717, 1.165) is 26.1 Å². The van der Waals surface area contributed by atoms with Gasteiger partial charge in [0, 0.05) is 32.3 Å². The first-order valence-corrected chi connectivity index (χ1v) is 8.31. The Bertz CT molecular complexity index is 505. The zero-order chi connectivity index (χ0) is 15.5. The molecule has 0 bridgehead atoms. The summed E-state index contributed by atoms with van der Waals surface area (Å²) in [5.74, 6) is 0.684. The minimum absolute atomic E-state index is 0.0235. The van der Waals surface area contributed by atoms with Crippen LogP contribution in [0.5, 0.6) is 0 Å². The first kappa shape index (κ1) is 15.5. The van der Waals surface area contributed by atoms with E-state index in [4.69, 9.17) is 4.74 Å². The molecule has 2 fully saturated rings. The summed E-state index contributed by atoms with van der Waals surface area (Å²) in [6, 6.07) is 10.8. The average Bonchev–Trinajstić information content (AvgIpc) is 3.06. The van der Waals surface area contributed by atoms with Crippen LogP contribution < -0.4 is 5.32 Å². The van der Waals surface area contributed by atoms with Crippen molar-refractivity contribution in [3.05, 3.63) is 35.9 Å². The number of ether oxygens (including phenoxy) is 1. The highest BCUT2D eigenvalue weighted by Gasteiger charge is 2.35. The third-order valence-corrected chi connectivity index (χ3v) is 4.98. The summed E-state index contributed by atoms with van der Waals surface area (Å²) < 4.78 is 5.51. The fraction of sp³-hybridized carbons (Fsp3) is 0.611. The smallest absolute Gasteiger partial charge is 0.226 e. The molecule has 4 atom stereocenters. The first-order chi connectivity index (χ1) is 10.6. The number of benzene rings is 1. The van der Waals surface area contributed by atoms with Crippen molar-refractivity contribution in [3.8, 4) is 0 Å². The van der Waals surface area contributed by atoms with Crippen molar-refractivity contribution in [1.82, 2.24) is 10.2 Å². The molecular formula is C18H26N2O2. The molecule has 0 aromatic heterocycles. The van der Waals surface area contributed by atoms with Crippen LogP contribution in [0.1, 0.15) is 25.8 Å². The second-order valence-corrected chi connectivity index (χ2v) is 6.74. The molecule has 120 valence electrons. The van der Waals surface area contributed by atoms with Gasteiger partial charge in [-0.05, 0) is 24.8 Å². The molecule has 0 aliphatic carbocycles. The van der Waals surface area contributed by atoms with Gasteiger partial charge in [0.15, 0.2) is 0 Å². The Hall–Kier alpha value is -1.39. The molecule has 3 rings (SSSR count). The predicted molar refractivity (Wildman–Crippen MR) is 86.3 cm³/mol. The standard InChI is InChI=1S/C18H26N2O2/c1-13-10-20(11-15-6-4-3-5-7-15)12-17(13)19-18(21)16-8-9-22-14(16)2/h3-7,13-14,16-17H,8-12H2,1-2H3,(H,19,21). The van der Waals surface area contributed by atoms with Crippen LogP contribution in [0.15, 0.2) is 30.3 Å². The lowest BCUT2D eigenvalue weighted by Crippen LogP contribution is -2.44. The van der Waals surface area contributed by atoms with Gasteiger partial charge in [-0.3, -0.25) is 9.69 Å². The molecule has 1 amide bonds. The van der Waals surface area contributed by atoms with Crippen molar-refractivity contribution >= 4 is 5.91 Å². The van der Waals surface area contributed by atoms with E-state index in [1.807, 2.05) is 13.0 Å². The van der Waals surface area contributed by atoms with Crippen LogP contribution in [0, 0.1) is 11.8 Å². The van der Waals surface area contributed by atoms with E-state index in [9.17, 15) is 4.79 Å². The number of hydrogen-bond donors (Lipinski definition) is 1. The van der Waals surface area contributed by atoms with Gasteiger partial charge in [0.25, 0.3) is 0 Å². The fourth-order valence-corrected chi connectivity index (χ4v) is 3.59. The molecule has 0 spiro atoms. The van der Waals surface area contributed by atoms with Gasteiger partial charge < -0.3 is 10.1 Å². The number of nitrogens with zero attached hydrogens (tertiary/aromatic N) is 1. The molecule has 2 saturated heterocycles. The Morgan fingerprint density at radius 3 is 2.73 bits per heavy atom. The number of carbonyl (C=O) groups excluding carboxylic acids is 1. The zero-order valence-corrected chi connectivity index (χ0v) is 13.5. The lowest BCUT2D eigenvalue weighted by Gasteiger charge is -2.21. The summed E-state index contributed by atoms with van der Waals surface area (Å²) in [4.78, 5) is 14.8. The fourth-order valence-electron chi connectivity index (χ4n) is 3.59. The summed E-state index contributed by atoms with van der Waals surface area (Å²) in [6.07, 6.45) is 0.902. The minimum atomic E-state index is 0.0235. The summed E-state index contributed by atoms with van der Waals surface area (Å²) in [7, 11) is 0. The van der Waals surface area contributed by atoms with Crippen LogP contribution in [-0.2, 0) is 16.1 Å². The molecule has 0 radical (unpaired) electrons. The van der Waals surface area contributed by atoms with Crippen LogP contribution in [0.25, 0.3) is 0 Å². The van der Waals surface area contributed by atoms with Gasteiger partial charge in [0.05, 0.1) is 12.0 Å². The van der Waals surface area contributed by atoms with Crippen LogP contribution in [0.3, 0.4) is 0 Å². The molecule has 4 heteroatoms. The van der Waals surface area contributed by atoms with E-state index in [-0.39, 0.29) is 24.0 Å². The largest absolute Gasteiger partial charge is 0.378 e. The molecule has 2 aliphatic rings. The number of hydrogen-bond acceptors (Lipinski definition) is 3. The maximum absolute atomic E-state index is 12.4. The minimum Gasteiger partial charge on any atom is -0.378 e. The van der Waals surface area contributed by atoms with Crippen LogP contribution in [0.4, 0.5) is 0 Å². The van der Waals surface area contributed by atoms with E-state index < -0.39 is 0 Å². The van der Waals surface area contributed by atoms with Crippen LogP contribution in [-0.4, -0.2) is 42.6 Å². The van der Waals surface area contributed by atoms with Crippen molar-refractivity contribution in [2.45, 2.75) is 39.0 Å². The average molecular weight is 302 g/mol. The second-order valence-electron chi connectivity index (χ2n) is 6.74. The summed E-state index contributed by atoms with van der Waals surface area (Å²) in [5.41, 5.74) is 1.33. The molecule has 4 unspecified atom stereocenters. The molecular weight excluding hydrogens is 276 g/mol. The summed E-state index contributed by atoms with van der Waals surface area (Å²) >= 11 is 0. The molecule has 1 aromatic carbocycles. The Kier molecular flexibility index (Phi) is 4.79. The number of likely N-dealkylation sites (tertiary alicyclic amines) is 1. The Morgan fingerprint density at radius 2 is 2.05 bits per heavy atom. The molecule has 22 heavy (non-hydrogen) atoms. The van der Waals surface area contributed by atoms with Crippen LogP contribution in [0.2, 0.25) is 0 Å². The van der Waals surface area contributed by atoms with Gasteiger partial charge in [-0.15, -0.1) is 0 Å². The zero-order valence-electron chi connectivity index (χ0n) is 13.5. The molecule has 2 aliphatic heterocycles. The summed E-state index contributed by atoms with van der Waals surface area (Å²) in [5, 5.41) is 3.26. The van der Waals surface area contributed by atoms with Crippen molar-refractivity contribution in [2.24, 2.45) is 11.8 Å². The van der Waals surface area contributed by atoms with E-state index in [1.54, 1.807) is 0 Å². The normalized spacial score (nSPS) is 32.3. The van der Waals surface area contributed by atoms with Crippen molar-refractivity contribution in [2.75, 3.05) is 19.7 Å². The molecule has 0 saturated carbocycles. The lowest BCUT2D eigenvalue weighted by molar-refractivity contribution is -0.127. The van der Waals surface area contributed by atoms with Gasteiger partial charge in [0.2, 0.25) is 5.91 Å². The number of amides is 1. The Labute approximate surface area is 132 Å². The van der Waals surface area contributed by atoms with E-state index in [2.05, 4.69) is 41.4 Å².